The first-order valence-corrected chi connectivity index (χ1v) is 12.9. The van der Waals surface area contributed by atoms with Crippen LogP contribution in [-0.2, 0) is 4.79 Å². The van der Waals surface area contributed by atoms with Crippen LogP contribution in [-0.4, -0.2) is 53.5 Å². The number of hydrogen-bond acceptors (Lipinski definition) is 5. The Hall–Kier alpha value is -2.78. The quantitative estimate of drug-likeness (QED) is 0.326. The molecule has 1 aliphatic rings. The number of carboxylic acid groups (broad SMARTS) is 1. The Morgan fingerprint density at radius 3 is 2.75 bits per heavy atom. The number of nitrogens with zero attached hydrogens (tertiary/aromatic N) is 2. The van der Waals surface area contributed by atoms with Crippen LogP contribution in [0.2, 0.25) is 0 Å². The molecule has 0 radical (unpaired) electrons. The Balaban J connectivity index is 1.34. The molecule has 36 heavy (non-hydrogen) atoms. The molecule has 1 saturated heterocycles. The lowest BCUT2D eigenvalue weighted by Gasteiger charge is -2.36. The molecule has 0 amide bonds. The number of aromatic nitrogens is 1. The summed E-state index contributed by atoms with van der Waals surface area (Å²) in [6.45, 7) is 1.53. The van der Waals surface area contributed by atoms with Crippen molar-refractivity contribution in [3.63, 3.8) is 0 Å². The first-order chi connectivity index (χ1) is 17.4. The van der Waals surface area contributed by atoms with Crippen molar-refractivity contribution in [3.05, 3.63) is 65.9 Å². The van der Waals surface area contributed by atoms with E-state index in [-0.39, 0.29) is 17.2 Å². The predicted molar refractivity (Wildman–Crippen MR) is 134 cm³/mol. The molecule has 0 spiro atoms. The summed E-state index contributed by atoms with van der Waals surface area (Å²) in [5.74, 6) is -1.77. The summed E-state index contributed by atoms with van der Waals surface area (Å²) in [6.07, 6.45) is 1.64. The van der Waals surface area contributed by atoms with E-state index in [0.717, 1.165) is 11.8 Å². The molecule has 0 saturated carbocycles. The van der Waals surface area contributed by atoms with Gasteiger partial charge in [0.15, 0.2) is 0 Å². The van der Waals surface area contributed by atoms with Crippen molar-refractivity contribution in [2.75, 3.05) is 32.5 Å². The molecule has 1 unspecified atom stereocenters. The van der Waals surface area contributed by atoms with Gasteiger partial charge in [-0.1, -0.05) is 6.07 Å². The van der Waals surface area contributed by atoms with Crippen LogP contribution in [0.5, 0.6) is 5.75 Å². The lowest BCUT2D eigenvalue weighted by atomic mass is 9.81. The Morgan fingerprint density at radius 1 is 1.25 bits per heavy atom. The molecule has 3 atom stereocenters. The van der Waals surface area contributed by atoms with Gasteiger partial charge in [-0.15, -0.1) is 11.8 Å². The number of carbonyl (C=O) groups is 1. The molecule has 2 aromatic carbocycles. The summed E-state index contributed by atoms with van der Waals surface area (Å²) < 4.78 is 48.3. The Morgan fingerprint density at radius 2 is 2.03 bits per heavy atom. The van der Waals surface area contributed by atoms with Crippen molar-refractivity contribution in [1.29, 1.82) is 0 Å². The molecule has 192 valence electrons. The van der Waals surface area contributed by atoms with Gasteiger partial charge < -0.3 is 14.7 Å². The Bertz CT molecular complexity index is 1190. The lowest BCUT2D eigenvalue weighted by molar-refractivity contribution is -0.146. The molecule has 1 aliphatic heterocycles. The first-order valence-electron chi connectivity index (χ1n) is 12.0. The minimum atomic E-state index is -1.25. The van der Waals surface area contributed by atoms with E-state index >= 15 is 4.39 Å². The maximum Gasteiger partial charge on any atom is 0.308 e. The number of benzene rings is 2. The molecule has 5 nitrogen and oxygen atoms in total. The minimum absolute atomic E-state index is 0.0163. The fourth-order valence-electron chi connectivity index (χ4n) is 4.86. The monoisotopic (exact) mass is 518 g/mol. The van der Waals surface area contributed by atoms with Crippen molar-refractivity contribution < 1.29 is 27.8 Å². The number of thioether (sulfide) groups is 1. The molecule has 9 heteroatoms. The van der Waals surface area contributed by atoms with Crippen molar-refractivity contribution in [2.45, 2.75) is 30.3 Å². The summed E-state index contributed by atoms with van der Waals surface area (Å²) in [4.78, 5) is 18.3. The van der Waals surface area contributed by atoms with Gasteiger partial charge in [0.05, 0.1) is 23.4 Å². The number of likely N-dealkylation sites (tertiary alicyclic amines) is 1. The number of alkyl halides is 1. The highest BCUT2D eigenvalue weighted by molar-refractivity contribution is 7.99. The average Bonchev–Trinajstić information content (AvgIpc) is 2.88. The molecule has 4 rings (SSSR count). The fraction of sp³-hybridized carbons (Fsp3) is 0.407. The topological polar surface area (TPSA) is 62.7 Å². The van der Waals surface area contributed by atoms with E-state index < -0.39 is 29.7 Å². The predicted octanol–water partition coefficient (Wildman–Crippen LogP) is 6.13. The van der Waals surface area contributed by atoms with Crippen LogP contribution in [0.25, 0.3) is 10.9 Å². The molecule has 3 aromatic rings. The van der Waals surface area contributed by atoms with Crippen LogP contribution in [0.1, 0.15) is 31.0 Å². The molecule has 2 heterocycles. The lowest BCUT2D eigenvalue weighted by Crippen LogP contribution is -2.44. The Kier molecular flexibility index (Phi) is 8.74. The zero-order chi connectivity index (χ0) is 25.7. The van der Waals surface area contributed by atoms with Gasteiger partial charge in [0.25, 0.3) is 0 Å². The number of aliphatic carboxylic acids is 1. The standard InChI is InChI=1S/C27H29F3N2O3S/c1-35-18-6-8-25-20(15-18)19(9-11-31-25)22(28)7-5-17-10-12-32(16-21(17)27(33)34)13-14-36-26-23(29)3-2-4-24(26)30/h2-4,6,8-9,11,15,17,21-22H,5,7,10,12-14,16H2,1H3,(H,33,34)/t17-,21+,22?/m1/s1. The summed E-state index contributed by atoms with van der Waals surface area (Å²) in [7, 11) is 1.56. The molecule has 1 N–H and O–H groups in total. The number of ether oxygens (including phenoxy) is 1. The maximum atomic E-state index is 15.4. The second kappa shape index (κ2) is 12.0. The van der Waals surface area contributed by atoms with Gasteiger partial charge in [0.2, 0.25) is 0 Å². The van der Waals surface area contributed by atoms with Crippen LogP contribution < -0.4 is 4.74 Å². The summed E-state index contributed by atoms with van der Waals surface area (Å²) in [5, 5.41) is 10.5. The third kappa shape index (κ3) is 6.13. The number of hydrogen-bond donors (Lipinski definition) is 1. The normalized spacial score (nSPS) is 19.3. The van der Waals surface area contributed by atoms with Gasteiger partial charge in [0, 0.05) is 30.4 Å². The van der Waals surface area contributed by atoms with Crippen molar-refractivity contribution >= 4 is 28.6 Å². The zero-order valence-electron chi connectivity index (χ0n) is 20.0. The fourth-order valence-corrected chi connectivity index (χ4v) is 5.82. The number of methoxy groups -OCH3 is 1. The SMILES string of the molecule is COc1ccc2nccc(C(F)CC[C@@H]3CCN(CCSc4c(F)cccc4F)C[C@@H]3C(=O)O)c2c1. The summed E-state index contributed by atoms with van der Waals surface area (Å²) >= 11 is 1.09. The van der Waals surface area contributed by atoms with E-state index in [0.29, 0.717) is 60.4 Å². The van der Waals surface area contributed by atoms with E-state index in [4.69, 9.17) is 4.74 Å². The van der Waals surface area contributed by atoms with Crippen molar-refractivity contribution in [2.24, 2.45) is 11.8 Å². The highest BCUT2D eigenvalue weighted by Gasteiger charge is 2.34. The highest BCUT2D eigenvalue weighted by Crippen LogP contribution is 2.35. The molecular weight excluding hydrogens is 489 g/mol. The van der Waals surface area contributed by atoms with E-state index in [1.54, 1.807) is 37.6 Å². The van der Waals surface area contributed by atoms with Gasteiger partial charge in [-0.3, -0.25) is 9.78 Å². The number of fused-ring (bicyclic) bond motifs is 1. The summed E-state index contributed by atoms with van der Waals surface area (Å²) in [5.41, 5.74) is 1.21. The smallest absolute Gasteiger partial charge is 0.308 e. The van der Waals surface area contributed by atoms with Gasteiger partial charge >= 0.3 is 5.97 Å². The zero-order valence-corrected chi connectivity index (χ0v) is 20.8. The second-order valence-electron chi connectivity index (χ2n) is 9.02. The maximum absolute atomic E-state index is 15.4. The van der Waals surface area contributed by atoms with Crippen LogP contribution in [0.4, 0.5) is 13.2 Å². The number of rotatable bonds is 10. The van der Waals surface area contributed by atoms with Crippen molar-refractivity contribution in [1.82, 2.24) is 9.88 Å². The largest absolute Gasteiger partial charge is 0.497 e. The van der Waals surface area contributed by atoms with Crippen LogP contribution in [0.15, 0.2) is 53.6 Å². The van der Waals surface area contributed by atoms with Gasteiger partial charge in [0.1, 0.15) is 23.6 Å². The van der Waals surface area contributed by atoms with E-state index in [9.17, 15) is 18.7 Å². The summed E-state index contributed by atoms with van der Waals surface area (Å²) in [6, 6.07) is 10.8. The second-order valence-corrected chi connectivity index (χ2v) is 10.1. The molecule has 0 aliphatic carbocycles. The molecule has 1 fully saturated rings. The number of piperidine rings is 1. The van der Waals surface area contributed by atoms with Gasteiger partial charge in [-0.05, 0) is 73.7 Å². The van der Waals surface area contributed by atoms with Crippen molar-refractivity contribution in [3.8, 4) is 5.75 Å². The van der Waals surface area contributed by atoms with Crippen LogP contribution in [0, 0.1) is 23.5 Å². The Labute approximate surface area is 212 Å². The number of carboxylic acids is 1. The average molecular weight is 519 g/mol. The minimum Gasteiger partial charge on any atom is -0.497 e. The first kappa shape index (κ1) is 26.3. The van der Waals surface area contributed by atoms with E-state index in [1.165, 1.54) is 18.2 Å². The van der Waals surface area contributed by atoms with Gasteiger partial charge in [-0.2, -0.15) is 0 Å². The third-order valence-corrected chi connectivity index (χ3v) is 7.91. The number of halogens is 3. The number of pyridine rings is 1. The molecular formula is C27H29F3N2O3S. The van der Waals surface area contributed by atoms with E-state index in [1.807, 2.05) is 4.90 Å². The van der Waals surface area contributed by atoms with Crippen LogP contribution >= 0.6 is 11.8 Å². The molecule has 1 aromatic heterocycles. The van der Waals surface area contributed by atoms with Gasteiger partial charge in [-0.25, -0.2) is 13.2 Å². The highest BCUT2D eigenvalue weighted by atomic mass is 32.2. The van der Waals surface area contributed by atoms with Crippen LogP contribution in [0.3, 0.4) is 0 Å². The molecule has 0 bridgehead atoms. The third-order valence-electron chi connectivity index (χ3n) is 6.84. The van der Waals surface area contributed by atoms with E-state index in [2.05, 4.69) is 4.98 Å².